The maximum Gasteiger partial charge on any atom is 0.219 e. The molecule has 1 fully saturated rings. The molecule has 0 bridgehead atoms. The van der Waals surface area contributed by atoms with Gasteiger partial charge in [0.2, 0.25) is 5.91 Å². The first-order valence-corrected chi connectivity index (χ1v) is 8.12. The monoisotopic (exact) mass is 296 g/mol. The lowest BCUT2D eigenvalue weighted by Crippen LogP contribution is -2.45. The molecule has 3 heteroatoms. The number of amides is 1. The average Bonchev–Trinajstić information content (AvgIpc) is 2.55. The summed E-state index contributed by atoms with van der Waals surface area (Å²) in [6, 6.07) is 13.2. The number of rotatable bonds is 3. The Bertz CT molecular complexity index is 674. The van der Waals surface area contributed by atoms with Crippen LogP contribution in [-0.2, 0) is 11.3 Å². The lowest BCUT2D eigenvalue weighted by atomic mass is 9.98. The molecule has 1 saturated heterocycles. The zero-order chi connectivity index (χ0) is 15.5. The van der Waals surface area contributed by atoms with E-state index >= 15 is 0 Å². The fourth-order valence-corrected chi connectivity index (χ4v) is 3.44. The molecule has 116 valence electrons. The number of fused-ring (bicyclic) bond motifs is 1. The Labute approximate surface area is 132 Å². The summed E-state index contributed by atoms with van der Waals surface area (Å²) in [5.41, 5.74) is 2.55. The fraction of sp³-hybridized carbons (Fsp3) is 0.421. The Morgan fingerprint density at radius 2 is 1.91 bits per heavy atom. The smallest absolute Gasteiger partial charge is 0.219 e. The molecule has 0 unspecified atom stereocenters. The van der Waals surface area contributed by atoms with Gasteiger partial charge in [-0.2, -0.15) is 0 Å². The van der Waals surface area contributed by atoms with E-state index in [2.05, 4.69) is 53.5 Å². The number of hydrogen-bond donors (Lipinski definition) is 1. The normalized spacial score (nSPS) is 15.9. The van der Waals surface area contributed by atoms with Crippen LogP contribution >= 0.6 is 0 Å². The third-order valence-corrected chi connectivity index (χ3v) is 4.81. The molecule has 0 aliphatic carbocycles. The SMILES string of the molecule is CC(=O)N(Cc1ccc2ccccc2c1C)C1CCNCC1. The molecular weight excluding hydrogens is 272 g/mol. The first-order chi connectivity index (χ1) is 10.7. The van der Waals surface area contributed by atoms with Gasteiger partial charge >= 0.3 is 0 Å². The van der Waals surface area contributed by atoms with Crippen LogP contribution in [0.25, 0.3) is 10.8 Å². The maximum absolute atomic E-state index is 12.1. The van der Waals surface area contributed by atoms with Crippen LogP contribution < -0.4 is 5.32 Å². The van der Waals surface area contributed by atoms with Crippen LogP contribution in [0.5, 0.6) is 0 Å². The average molecular weight is 296 g/mol. The summed E-state index contributed by atoms with van der Waals surface area (Å²) in [6.07, 6.45) is 2.10. The van der Waals surface area contributed by atoms with Gasteiger partial charge in [-0.15, -0.1) is 0 Å². The third-order valence-electron chi connectivity index (χ3n) is 4.81. The van der Waals surface area contributed by atoms with Gasteiger partial charge in [-0.25, -0.2) is 0 Å². The Kier molecular flexibility index (Phi) is 4.44. The highest BCUT2D eigenvalue weighted by Crippen LogP contribution is 2.24. The minimum absolute atomic E-state index is 0.180. The molecule has 1 aliphatic rings. The molecule has 0 atom stereocenters. The summed E-state index contributed by atoms with van der Waals surface area (Å²) in [7, 11) is 0. The molecule has 0 radical (unpaired) electrons. The molecule has 1 heterocycles. The van der Waals surface area contributed by atoms with E-state index in [1.807, 2.05) is 0 Å². The number of hydrogen-bond acceptors (Lipinski definition) is 2. The van der Waals surface area contributed by atoms with E-state index in [1.165, 1.54) is 21.9 Å². The predicted molar refractivity (Wildman–Crippen MR) is 90.8 cm³/mol. The van der Waals surface area contributed by atoms with Crippen molar-refractivity contribution in [3.8, 4) is 0 Å². The van der Waals surface area contributed by atoms with Gasteiger partial charge in [-0.05, 0) is 54.8 Å². The van der Waals surface area contributed by atoms with Crippen molar-refractivity contribution >= 4 is 16.7 Å². The standard InChI is InChI=1S/C19H24N2O/c1-14-17(8-7-16-5-3-4-6-19(14)16)13-21(15(2)22)18-9-11-20-12-10-18/h3-8,18,20H,9-13H2,1-2H3. The quantitative estimate of drug-likeness (QED) is 0.943. The first kappa shape index (κ1) is 15.0. The van der Waals surface area contributed by atoms with Crippen LogP contribution in [0.15, 0.2) is 36.4 Å². The number of aryl methyl sites for hydroxylation is 1. The number of carbonyl (C=O) groups excluding carboxylic acids is 1. The molecule has 0 saturated carbocycles. The Morgan fingerprint density at radius 3 is 2.64 bits per heavy atom. The summed E-state index contributed by atoms with van der Waals surface area (Å²) >= 11 is 0. The van der Waals surface area contributed by atoms with Crippen LogP contribution in [0.4, 0.5) is 0 Å². The number of nitrogens with zero attached hydrogens (tertiary/aromatic N) is 1. The van der Waals surface area contributed by atoms with E-state index in [0.717, 1.165) is 32.5 Å². The molecule has 1 N–H and O–H groups in total. The van der Waals surface area contributed by atoms with Gasteiger partial charge in [0.15, 0.2) is 0 Å². The second-order valence-corrected chi connectivity index (χ2v) is 6.20. The fourth-order valence-electron chi connectivity index (χ4n) is 3.44. The van der Waals surface area contributed by atoms with Crippen molar-refractivity contribution in [1.29, 1.82) is 0 Å². The van der Waals surface area contributed by atoms with Gasteiger partial charge in [-0.3, -0.25) is 4.79 Å². The lowest BCUT2D eigenvalue weighted by Gasteiger charge is -2.34. The summed E-state index contributed by atoms with van der Waals surface area (Å²) < 4.78 is 0. The minimum Gasteiger partial charge on any atom is -0.336 e. The van der Waals surface area contributed by atoms with E-state index in [4.69, 9.17) is 0 Å². The van der Waals surface area contributed by atoms with Gasteiger partial charge < -0.3 is 10.2 Å². The van der Waals surface area contributed by atoms with Crippen molar-refractivity contribution < 1.29 is 4.79 Å². The van der Waals surface area contributed by atoms with E-state index in [1.54, 1.807) is 6.92 Å². The van der Waals surface area contributed by atoms with Crippen molar-refractivity contribution in [2.75, 3.05) is 13.1 Å². The Balaban J connectivity index is 1.89. The van der Waals surface area contributed by atoms with E-state index in [0.29, 0.717) is 6.04 Å². The zero-order valence-electron chi connectivity index (χ0n) is 13.4. The van der Waals surface area contributed by atoms with Gasteiger partial charge in [-0.1, -0.05) is 36.4 Å². The molecule has 3 rings (SSSR count). The number of nitrogens with one attached hydrogen (secondary N) is 1. The van der Waals surface area contributed by atoms with Crippen molar-refractivity contribution in [2.45, 2.75) is 39.3 Å². The van der Waals surface area contributed by atoms with Crippen LogP contribution in [0.3, 0.4) is 0 Å². The number of benzene rings is 2. The van der Waals surface area contributed by atoms with Gasteiger partial charge in [0.05, 0.1) is 0 Å². The van der Waals surface area contributed by atoms with Gasteiger partial charge in [0.25, 0.3) is 0 Å². The van der Waals surface area contributed by atoms with Crippen LogP contribution in [0, 0.1) is 6.92 Å². The van der Waals surface area contributed by atoms with Crippen LogP contribution in [0.1, 0.15) is 30.9 Å². The summed E-state index contributed by atoms with van der Waals surface area (Å²) in [6.45, 7) is 6.59. The molecule has 1 aliphatic heterocycles. The predicted octanol–water partition coefficient (Wildman–Crippen LogP) is 3.25. The van der Waals surface area contributed by atoms with Crippen LogP contribution in [-0.4, -0.2) is 29.9 Å². The van der Waals surface area contributed by atoms with Crippen LogP contribution in [0.2, 0.25) is 0 Å². The number of carbonyl (C=O) groups is 1. The Hall–Kier alpha value is -1.87. The highest BCUT2D eigenvalue weighted by molar-refractivity contribution is 5.86. The largest absolute Gasteiger partial charge is 0.336 e. The van der Waals surface area contributed by atoms with E-state index < -0.39 is 0 Å². The second-order valence-electron chi connectivity index (χ2n) is 6.20. The third kappa shape index (κ3) is 3.00. The zero-order valence-corrected chi connectivity index (χ0v) is 13.4. The molecule has 0 spiro atoms. The summed E-state index contributed by atoms with van der Waals surface area (Å²) in [4.78, 5) is 14.2. The van der Waals surface area contributed by atoms with E-state index in [-0.39, 0.29) is 5.91 Å². The summed E-state index contributed by atoms with van der Waals surface area (Å²) in [5, 5.41) is 5.92. The second kappa shape index (κ2) is 6.49. The molecule has 2 aromatic carbocycles. The highest BCUT2D eigenvalue weighted by Gasteiger charge is 2.23. The summed E-state index contributed by atoms with van der Waals surface area (Å²) in [5.74, 6) is 0.180. The molecule has 0 aromatic heterocycles. The van der Waals surface area contributed by atoms with Gasteiger partial charge in [0, 0.05) is 19.5 Å². The van der Waals surface area contributed by atoms with E-state index in [9.17, 15) is 4.79 Å². The Morgan fingerprint density at radius 1 is 1.18 bits per heavy atom. The first-order valence-electron chi connectivity index (χ1n) is 8.12. The van der Waals surface area contributed by atoms with Crippen molar-refractivity contribution in [3.05, 3.63) is 47.5 Å². The van der Waals surface area contributed by atoms with Gasteiger partial charge in [0.1, 0.15) is 0 Å². The maximum atomic E-state index is 12.1. The molecule has 22 heavy (non-hydrogen) atoms. The molecule has 1 amide bonds. The molecule has 2 aromatic rings. The lowest BCUT2D eigenvalue weighted by molar-refractivity contribution is -0.132. The van der Waals surface area contributed by atoms with Crippen molar-refractivity contribution in [2.24, 2.45) is 0 Å². The minimum atomic E-state index is 0.180. The number of piperidine rings is 1. The highest BCUT2D eigenvalue weighted by atomic mass is 16.2. The molecular formula is C19H24N2O. The topological polar surface area (TPSA) is 32.3 Å². The molecule has 3 nitrogen and oxygen atoms in total. The van der Waals surface area contributed by atoms with Crippen molar-refractivity contribution in [3.63, 3.8) is 0 Å². The van der Waals surface area contributed by atoms with Crippen molar-refractivity contribution in [1.82, 2.24) is 10.2 Å².